The molecule has 28 heavy (non-hydrogen) atoms. The number of hydrogen-bond donors (Lipinski definition) is 2. The molecule has 3 rings (SSSR count). The molecule has 0 aliphatic heterocycles. The van der Waals surface area contributed by atoms with Gasteiger partial charge in [-0.15, -0.1) is 0 Å². The van der Waals surface area contributed by atoms with E-state index in [1.54, 1.807) is 6.21 Å². The first-order valence-corrected chi connectivity index (χ1v) is 9.01. The van der Waals surface area contributed by atoms with Crippen molar-refractivity contribution in [3.63, 3.8) is 0 Å². The van der Waals surface area contributed by atoms with E-state index in [9.17, 15) is 4.79 Å². The number of anilines is 1. The van der Waals surface area contributed by atoms with E-state index in [2.05, 4.69) is 20.7 Å². The average molecular weight is 399 g/mol. The number of hydrogen-bond acceptors (Lipinski definition) is 6. The monoisotopic (exact) mass is 398 g/mol. The maximum atomic E-state index is 11.4. The van der Waals surface area contributed by atoms with Crippen molar-refractivity contribution in [1.29, 1.82) is 0 Å². The summed E-state index contributed by atoms with van der Waals surface area (Å²) in [7, 11) is 0. The van der Waals surface area contributed by atoms with Crippen molar-refractivity contribution in [3.05, 3.63) is 81.2 Å². The van der Waals surface area contributed by atoms with Crippen LogP contribution in [0.1, 0.15) is 18.1 Å². The van der Waals surface area contributed by atoms with Crippen molar-refractivity contribution in [2.75, 3.05) is 12.0 Å². The van der Waals surface area contributed by atoms with Crippen molar-refractivity contribution in [2.24, 2.45) is 5.10 Å². The largest absolute Gasteiger partial charge is 0.490 e. The average Bonchev–Trinajstić information content (AvgIpc) is 2.71. The molecule has 0 saturated carbocycles. The Morgan fingerprint density at radius 1 is 1.18 bits per heavy atom. The maximum Gasteiger partial charge on any atom is 0.285 e. The number of H-pyrrole nitrogens is 1. The number of nitrogens with zero attached hydrogens (tertiary/aromatic N) is 2. The van der Waals surface area contributed by atoms with Gasteiger partial charge >= 0.3 is 0 Å². The number of aromatic amines is 1. The van der Waals surface area contributed by atoms with E-state index in [1.807, 2.05) is 55.5 Å². The quantitative estimate of drug-likeness (QED) is 0.444. The molecule has 0 aliphatic carbocycles. The van der Waals surface area contributed by atoms with Crippen LogP contribution in [0.3, 0.4) is 0 Å². The smallest absolute Gasteiger partial charge is 0.285 e. The standard InChI is InChI=1S/C20H19ClN4O3/c1-2-27-18-10-15(11-22-24-16-12-23-25-20(26)19(16)21)8-9-17(18)28-13-14-6-4-3-5-7-14/h3-12H,2,13H2,1H3,(H2,24,25,26)/b22-11+. The van der Waals surface area contributed by atoms with Crippen molar-refractivity contribution in [3.8, 4) is 11.5 Å². The highest BCUT2D eigenvalue weighted by Crippen LogP contribution is 2.29. The van der Waals surface area contributed by atoms with Crippen LogP contribution in [0.15, 0.2) is 64.6 Å². The van der Waals surface area contributed by atoms with Crippen LogP contribution in [0.4, 0.5) is 5.69 Å². The van der Waals surface area contributed by atoms with Gasteiger partial charge in [-0.2, -0.15) is 10.2 Å². The Morgan fingerprint density at radius 2 is 2.00 bits per heavy atom. The van der Waals surface area contributed by atoms with Gasteiger partial charge in [-0.1, -0.05) is 41.9 Å². The molecule has 0 atom stereocenters. The van der Waals surface area contributed by atoms with E-state index in [4.69, 9.17) is 21.1 Å². The lowest BCUT2D eigenvalue weighted by Crippen LogP contribution is -2.10. The Balaban J connectivity index is 1.70. The summed E-state index contributed by atoms with van der Waals surface area (Å²) in [5.74, 6) is 1.27. The van der Waals surface area contributed by atoms with Crippen molar-refractivity contribution in [1.82, 2.24) is 10.2 Å². The highest BCUT2D eigenvalue weighted by atomic mass is 35.5. The number of ether oxygens (including phenoxy) is 2. The zero-order chi connectivity index (χ0) is 19.8. The summed E-state index contributed by atoms with van der Waals surface area (Å²) >= 11 is 5.89. The molecule has 0 spiro atoms. The highest BCUT2D eigenvalue weighted by molar-refractivity contribution is 6.32. The normalized spacial score (nSPS) is 10.8. The summed E-state index contributed by atoms with van der Waals surface area (Å²) < 4.78 is 11.6. The Kier molecular flexibility index (Phi) is 6.64. The molecule has 0 saturated heterocycles. The predicted octanol–water partition coefficient (Wildman–Crippen LogP) is 3.85. The molecular weight excluding hydrogens is 380 g/mol. The van der Waals surface area contributed by atoms with E-state index in [0.717, 1.165) is 11.1 Å². The molecule has 1 aromatic heterocycles. The minimum absolute atomic E-state index is 0.00758. The maximum absolute atomic E-state index is 11.4. The van der Waals surface area contributed by atoms with Crippen LogP contribution in [0.5, 0.6) is 11.5 Å². The third kappa shape index (κ3) is 5.11. The van der Waals surface area contributed by atoms with Gasteiger partial charge in [0.2, 0.25) is 0 Å². The molecule has 2 N–H and O–H groups in total. The summed E-state index contributed by atoms with van der Waals surface area (Å²) in [6, 6.07) is 15.4. The van der Waals surface area contributed by atoms with Crippen molar-refractivity contribution >= 4 is 23.5 Å². The number of nitrogens with one attached hydrogen (secondary N) is 2. The second-order valence-corrected chi connectivity index (χ2v) is 6.09. The molecule has 0 fully saturated rings. The molecule has 0 aliphatic rings. The summed E-state index contributed by atoms with van der Waals surface area (Å²) in [6.45, 7) is 2.86. The van der Waals surface area contributed by atoms with E-state index in [1.165, 1.54) is 6.20 Å². The third-order valence-electron chi connectivity index (χ3n) is 3.70. The van der Waals surface area contributed by atoms with Crippen LogP contribution < -0.4 is 20.5 Å². The first kappa shape index (κ1) is 19.4. The zero-order valence-electron chi connectivity index (χ0n) is 15.2. The first-order chi connectivity index (χ1) is 13.7. The second kappa shape index (κ2) is 9.57. The van der Waals surface area contributed by atoms with Gasteiger partial charge in [0.15, 0.2) is 11.5 Å². The number of hydrazone groups is 1. The lowest BCUT2D eigenvalue weighted by molar-refractivity contribution is 0.269. The Hall–Kier alpha value is -3.32. The highest BCUT2D eigenvalue weighted by Gasteiger charge is 2.07. The van der Waals surface area contributed by atoms with Gasteiger partial charge in [0.1, 0.15) is 17.3 Å². The van der Waals surface area contributed by atoms with Crippen molar-refractivity contribution in [2.45, 2.75) is 13.5 Å². The SMILES string of the molecule is CCOc1cc(/C=N/Nc2cn[nH]c(=O)c2Cl)ccc1OCc1ccccc1. The van der Waals surface area contributed by atoms with Gasteiger partial charge in [-0.05, 0) is 36.2 Å². The van der Waals surface area contributed by atoms with Gasteiger partial charge in [0, 0.05) is 0 Å². The van der Waals surface area contributed by atoms with Crippen LogP contribution in [0, 0.1) is 0 Å². The fraction of sp³-hybridized carbons (Fsp3) is 0.150. The second-order valence-electron chi connectivity index (χ2n) is 5.71. The molecule has 8 heteroatoms. The Morgan fingerprint density at radius 3 is 2.79 bits per heavy atom. The van der Waals surface area contributed by atoms with Gasteiger partial charge < -0.3 is 9.47 Å². The van der Waals surface area contributed by atoms with Gasteiger partial charge in [-0.25, -0.2) is 5.10 Å². The van der Waals surface area contributed by atoms with Crippen LogP contribution in [-0.4, -0.2) is 23.0 Å². The van der Waals surface area contributed by atoms with Crippen LogP contribution >= 0.6 is 11.6 Å². The molecule has 3 aromatic rings. The van der Waals surface area contributed by atoms with Crippen LogP contribution in [0.2, 0.25) is 5.02 Å². The number of benzene rings is 2. The van der Waals surface area contributed by atoms with E-state index < -0.39 is 5.56 Å². The van der Waals surface area contributed by atoms with Crippen molar-refractivity contribution < 1.29 is 9.47 Å². The molecule has 0 radical (unpaired) electrons. The van der Waals surface area contributed by atoms with E-state index in [-0.39, 0.29) is 5.02 Å². The summed E-state index contributed by atoms with van der Waals surface area (Å²) in [6.07, 6.45) is 2.97. The van der Waals surface area contributed by atoms with Gasteiger partial charge in [-0.3, -0.25) is 10.2 Å². The topological polar surface area (TPSA) is 88.6 Å². The Bertz CT molecular complexity index is 1010. The van der Waals surface area contributed by atoms with Crippen LogP contribution in [-0.2, 0) is 6.61 Å². The third-order valence-corrected chi connectivity index (χ3v) is 4.07. The first-order valence-electron chi connectivity index (χ1n) is 8.63. The minimum atomic E-state index is -0.486. The summed E-state index contributed by atoms with van der Waals surface area (Å²) in [5.41, 5.74) is 4.39. The molecule has 0 unspecified atom stereocenters. The lowest BCUT2D eigenvalue weighted by Gasteiger charge is -2.12. The number of rotatable bonds is 8. The fourth-order valence-electron chi connectivity index (χ4n) is 2.37. The number of aromatic nitrogens is 2. The minimum Gasteiger partial charge on any atom is -0.490 e. The van der Waals surface area contributed by atoms with E-state index >= 15 is 0 Å². The molecular formula is C20H19ClN4O3. The predicted molar refractivity (Wildman–Crippen MR) is 109 cm³/mol. The van der Waals surface area contributed by atoms with Crippen LogP contribution in [0.25, 0.3) is 0 Å². The molecule has 0 bridgehead atoms. The molecule has 0 amide bonds. The van der Waals surface area contributed by atoms with E-state index in [0.29, 0.717) is 30.4 Å². The lowest BCUT2D eigenvalue weighted by atomic mass is 10.2. The zero-order valence-corrected chi connectivity index (χ0v) is 15.9. The van der Waals surface area contributed by atoms with Gasteiger partial charge in [0.25, 0.3) is 5.56 Å². The summed E-state index contributed by atoms with van der Waals surface area (Å²) in [5, 5.41) is 9.99. The molecule has 7 nitrogen and oxygen atoms in total. The molecule has 1 heterocycles. The Labute approximate surface area is 167 Å². The van der Waals surface area contributed by atoms with Gasteiger partial charge in [0.05, 0.1) is 19.0 Å². The molecule has 144 valence electrons. The fourth-order valence-corrected chi connectivity index (χ4v) is 2.50. The summed E-state index contributed by atoms with van der Waals surface area (Å²) in [4.78, 5) is 11.4. The molecule has 2 aromatic carbocycles. The number of halogens is 1.